The van der Waals surface area contributed by atoms with Crippen molar-refractivity contribution < 1.29 is 9.59 Å². The van der Waals surface area contributed by atoms with Gasteiger partial charge in [0.25, 0.3) is 0 Å². The highest BCUT2D eigenvalue weighted by Gasteiger charge is 2.37. The number of Topliss-reactive ketones (excluding diaryl/α,β-unsaturated/α-hetero) is 1. The number of carbonyl (C=O) groups is 2. The van der Waals surface area contributed by atoms with E-state index in [1.54, 1.807) is 30.5 Å². The Morgan fingerprint density at radius 2 is 2.00 bits per heavy atom. The maximum Gasteiger partial charge on any atom is 0.227 e. The predicted octanol–water partition coefficient (Wildman–Crippen LogP) is 3.60. The van der Waals surface area contributed by atoms with Gasteiger partial charge in [-0.25, -0.2) is 0 Å². The van der Waals surface area contributed by atoms with Crippen LogP contribution in [0.25, 0.3) is 0 Å². The van der Waals surface area contributed by atoms with E-state index in [2.05, 4.69) is 42.2 Å². The lowest BCUT2D eigenvalue weighted by Crippen LogP contribution is -2.30. The summed E-state index contributed by atoms with van der Waals surface area (Å²) in [6.45, 7) is 12.0. The van der Waals surface area contributed by atoms with Crippen LogP contribution in [0.3, 0.4) is 0 Å². The van der Waals surface area contributed by atoms with E-state index in [0.29, 0.717) is 18.9 Å². The number of amides is 1. The molecule has 0 N–H and O–H groups in total. The van der Waals surface area contributed by atoms with Crippen LogP contribution in [0.2, 0.25) is 0 Å². The summed E-state index contributed by atoms with van der Waals surface area (Å²) in [6.07, 6.45) is 6.54. The van der Waals surface area contributed by atoms with Crippen molar-refractivity contribution in [1.82, 2.24) is 19.4 Å². The number of fused-ring (bicyclic) bond motifs is 1. The molecule has 6 nitrogen and oxygen atoms in total. The predicted molar refractivity (Wildman–Crippen MR) is 113 cm³/mol. The summed E-state index contributed by atoms with van der Waals surface area (Å²) >= 11 is 0. The Labute approximate surface area is 173 Å². The first-order valence-electron chi connectivity index (χ1n) is 10.3. The van der Waals surface area contributed by atoms with Gasteiger partial charge in [-0.1, -0.05) is 27.7 Å². The van der Waals surface area contributed by atoms with Crippen LogP contribution in [0, 0.1) is 18.3 Å². The Morgan fingerprint density at radius 1 is 1.28 bits per heavy atom. The van der Waals surface area contributed by atoms with E-state index in [9.17, 15) is 9.59 Å². The normalized spacial score (nSPS) is 15.5. The van der Waals surface area contributed by atoms with Gasteiger partial charge in [0, 0.05) is 49.4 Å². The smallest absolute Gasteiger partial charge is 0.227 e. The molecule has 1 aliphatic rings. The first-order valence-corrected chi connectivity index (χ1v) is 10.3. The summed E-state index contributed by atoms with van der Waals surface area (Å²) in [6, 6.07) is 0. The van der Waals surface area contributed by atoms with Gasteiger partial charge < -0.3 is 9.47 Å². The van der Waals surface area contributed by atoms with Crippen LogP contribution in [0.4, 0.5) is 0 Å². The van der Waals surface area contributed by atoms with Gasteiger partial charge in [0.1, 0.15) is 0 Å². The van der Waals surface area contributed by atoms with Crippen molar-refractivity contribution in [2.24, 2.45) is 11.3 Å². The summed E-state index contributed by atoms with van der Waals surface area (Å²) in [5.41, 5.74) is 4.55. The van der Waals surface area contributed by atoms with Gasteiger partial charge in [-0.05, 0) is 30.2 Å². The molecule has 1 amide bonds. The van der Waals surface area contributed by atoms with Crippen LogP contribution >= 0.6 is 0 Å². The van der Waals surface area contributed by atoms with E-state index in [-0.39, 0.29) is 23.5 Å². The number of aromatic nitrogens is 3. The van der Waals surface area contributed by atoms with Crippen LogP contribution in [0.15, 0.2) is 18.6 Å². The quantitative estimate of drug-likeness (QED) is 0.748. The molecule has 0 spiro atoms. The maximum absolute atomic E-state index is 13.1. The summed E-state index contributed by atoms with van der Waals surface area (Å²) in [7, 11) is 1.77. The Kier molecular flexibility index (Phi) is 5.92. The van der Waals surface area contributed by atoms with E-state index in [1.165, 1.54) is 0 Å². The molecule has 0 aliphatic heterocycles. The second kappa shape index (κ2) is 8.09. The molecule has 0 bridgehead atoms. The number of ketones is 1. The van der Waals surface area contributed by atoms with Gasteiger partial charge in [-0.3, -0.25) is 19.6 Å². The molecule has 2 heterocycles. The van der Waals surface area contributed by atoms with Crippen molar-refractivity contribution in [1.29, 1.82) is 0 Å². The molecule has 0 aromatic carbocycles. The van der Waals surface area contributed by atoms with Crippen molar-refractivity contribution in [3.63, 3.8) is 0 Å². The molecule has 0 saturated carbocycles. The number of rotatable bonds is 6. The Bertz CT molecular complexity index is 913. The highest BCUT2D eigenvalue weighted by molar-refractivity contribution is 6.01. The van der Waals surface area contributed by atoms with Crippen molar-refractivity contribution in [2.45, 2.75) is 67.0 Å². The first-order chi connectivity index (χ1) is 13.6. The van der Waals surface area contributed by atoms with E-state index < -0.39 is 0 Å². The third-order valence-electron chi connectivity index (χ3n) is 5.64. The molecule has 0 radical (unpaired) electrons. The lowest BCUT2D eigenvalue weighted by Gasteiger charge is -2.30. The fourth-order valence-electron chi connectivity index (χ4n) is 4.26. The van der Waals surface area contributed by atoms with Gasteiger partial charge in [-0.2, -0.15) is 0 Å². The standard InChI is InChI=1S/C23H32N4O2/c1-15(2)13-27-16(3)18(22-19(27)10-23(4,5)11-20(22)28)9-21(29)26(6)14-17-12-24-7-8-25-17/h7-8,12,15H,9-11,13-14H2,1-6H3. The molecular weight excluding hydrogens is 364 g/mol. The molecule has 0 fully saturated rings. The lowest BCUT2D eigenvalue weighted by atomic mass is 9.75. The molecule has 2 aromatic heterocycles. The number of nitrogens with zero attached hydrogens (tertiary/aromatic N) is 4. The molecule has 0 saturated heterocycles. The molecule has 2 aromatic rings. The molecule has 0 unspecified atom stereocenters. The fraction of sp³-hybridized carbons (Fsp3) is 0.565. The van der Waals surface area contributed by atoms with Crippen molar-refractivity contribution in [3.05, 3.63) is 46.8 Å². The zero-order chi connectivity index (χ0) is 21.3. The average molecular weight is 397 g/mol. The average Bonchev–Trinajstić information content (AvgIpc) is 2.86. The van der Waals surface area contributed by atoms with Crippen molar-refractivity contribution in [3.8, 4) is 0 Å². The summed E-state index contributed by atoms with van der Waals surface area (Å²) in [4.78, 5) is 36.0. The summed E-state index contributed by atoms with van der Waals surface area (Å²) in [5, 5.41) is 0. The lowest BCUT2D eigenvalue weighted by molar-refractivity contribution is -0.129. The molecular formula is C23H32N4O2. The fourth-order valence-corrected chi connectivity index (χ4v) is 4.26. The van der Waals surface area contributed by atoms with Crippen LogP contribution in [0.5, 0.6) is 0 Å². The summed E-state index contributed by atoms with van der Waals surface area (Å²) in [5.74, 6) is 0.621. The molecule has 1 aliphatic carbocycles. The van der Waals surface area contributed by atoms with E-state index in [0.717, 1.165) is 41.2 Å². The highest BCUT2D eigenvalue weighted by Crippen LogP contribution is 2.39. The van der Waals surface area contributed by atoms with Crippen molar-refractivity contribution in [2.75, 3.05) is 7.05 Å². The minimum Gasteiger partial charge on any atom is -0.348 e. The van der Waals surface area contributed by atoms with E-state index in [1.807, 2.05) is 6.92 Å². The van der Waals surface area contributed by atoms with E-state index >= 15 is 0 Å². The third kappa shape index (κ3) is 4.57. The van der Waals surface area contributed by atoms with Gasteiger partial charge >= 0.3 is 0 Å². The van der Waals surface area contributed by atoms with Gasteiger partial charge in [0.05, 0.1) is 24.9 Å². The van der Waals surface area contributed by atoms with Crippen LogP contribution in [0.1, 0.15) is 67.1 Å². The minimum atomic E-state index is -0.0480. The van der Waals surface area contributed by atoms with Crippen molar-refractivity contribution >= 4 is 11.7 Å². The van der Waals surface area contributed by atoms with Gasteiger partial charge in [0.2, 0.25) is 5.91 Å². The number of likely N-dealkylation sites (N-methyl/N-ethyl adjacent to an activating group) is 1. The second-order valence-electron chi connectivity index (χ2n) is 9.45. The zero-order valence-electron chi connectivity index (χ0n) is 18.5. The Morgan fingerprint density at radius 3 is 2.62 bits per heavy atom. The second-order valence-corrected chi connectivity index (χ2v) is 9.45. The third-order valence-corrected chi connectivity index (χ3v) is 5.64. The van der Waals surface area contributed by atoms with Crippen LogP contribution in [-0.4, -0.2) is 38.2 Å². The molecule has 3 rings (SSSR count). The SMILES string of the molecule is Cc1c(CC(=O)N(C)Cc2cnccn2)c2c(n1CC(C)C)CC(C)(C)CC2=O. The minimum absolute atomic E-state index is 0.0131. The number of carbonyl (C=O) groups excluding carboxylic acids is 2. The molecule has 156 valence electrons. The Balaban J connectivity index is 1.92. The zero-order valence-corrected chi connectivity index (χ0v) is 18.5. The summed E-state index contributed by atoms with van der Waals surface area (Å²) < 4.78 is 2.28. The Hall–Kier alpha value is -2.50. The molecule has 0 atom stereocenters. The number of hydrogen-bond acceptors (Lipinski definition) is 4. The maximum atomic E-state index is 13.1. The van der Waals surface area contributed by atoms with Gasteiger partial charge in [-0.15, -0.1) is 0 Å². The molecule has 6 heteroatoms. The van der Waals surface area contributed by atoms with Gasteiger partial charge in [0.15, 0.2) is 5.78 Å². The highest BCUT2D eigenvalue weighted by atomic mass is 16.2. The van der Waals surface area contributed by atoms with E-state index in [4.69, 9.17) is 0 Å². The topological polar surface area (TPSA) is 68.1 Å². The van der Waals surface area contributed by atoms with Crippen LogP contribution in [-0.2, 0) is 30.7 Å². The first kappa shape index (κ1) is 21.2. The number of hydrogen-bond donors (Lipinski definition) is 0. The monoisotopic (exact) mass is 396 g/mol. The largest absolute Gasteiger partial charge is 0.348 e. The van der Waals surface area contributed by atoms with Crippen LogP contribution < -0.4 is 0 Å². The molecule has 29 heavy (non-hydrogen) atoms.